The Hall–Kier alpha value is -3.34. The van der Waals surface area contributed by atoms with Crippen LogP contribution in [0.25, 0.3) is 0 Å². The van der Waals surface area contributed by atoms with Crippen molar-refractivity contribution in [3.63, 3.8) is 0 Å². The molecule has 206 valence electrons. The molecule has 1 aromatic heterocycles. The number of amides is 1. The Balaban J connectivity index is 1.65. The average Bonchev–Trinajstić information content (AvgIpc) is 3.17. The van der Waals surface area contributed by atoms with Crippen LogP contribution in [-0.2, 0) is 20.2 Å². The van der Waals surface area contributed by atoms with Crippen molar-refractivity contribution in [1.82, 2.24) is 15.2 Å². The van der Waals surface area contributed by atoms with Crippen LogP contribution in [0.4, 0.5) is 10.2 Å². The van der Waals surface area contributed by atoms with E-state index in [0.29, 0.717) is 29.8 Å². The number of aryl methyl sites for hydroxylation is 2. The van der Waals surface area contributed by atoms with Crippen LogP contribution >= 0.6 is 0 Å². The molecule has 1 unspecified atom stereocenters. The molecule has 10 heteroatoms. The van der Waals surface area contributed by atoms with Crippen molar-refractivity contribution in [3.05, 3.63) is 82.8 Å². The van der Waals surface area contributed by atoms with E-state index in [2.05, 4.69) is 15.2 Å². The van der Waals surface area contributed by atoms with Crippen LogP contribution in [0.3, 0.4) is 0 Å². The fraction of sp³-hybridized carbons (Fsp3) is 0.379. The summed E-state index contributed by atoms with van der Waals surface area (Å²) in [7, 11) is -2.87. The molecule has 8 nitrogen and oxygen atoms in total. The summed E-state index contributed by atoms with van der Waals surface area (Å²) < 4.78 is 49.8. The van der Waals surface area contributed by atoms with Gasteiger partial charge in [0.1, 0.15) is 17.0 Å². The first-order valence-corrected chi connectivity index (χ1v) is 14.5. The molecule has 1 fully saturated rings. The first-order valence-electron chi connectivity index (χ1n) is 13.1. The molecule has 0 radical (unpaired) electrons. The summed E-state index contributed by atoms with van der Waals surface area (Å²) in [4.78, 5) is 21.2. The second-order valence-electron chi connectivity index (χ2n) is 10.2. The van der Waals surface area contributed by atoms with Gasteiger partial charge < -0.3 is 15.0 Å². The SMILES string of the molecule is COc1ccc(S(=O)(=O)N2C(=O)C(CCCN3CCNCC3)(c3ccccc3F)c3cc(C)cnc32)cc1C. The van der Waals surface area contributed by atoms with Crippen molar-refractivity contribution >= 4 is 21.7 Å². The van der Waals surface area contributed by atoms with Crippen LogP contribution in [0.2, 0.25) is 0 Å². The van der Waals surface area contributed by atoms with Crippen molar-refractivity contribution in [2.45, 2.75) is 37.0 Å². The highest BCUT2D eigenvalue weighted by Gasteiger charge is 2.57. The predicted octanol–water partition coefficient (Wildman–Crippen LogP) is 3.55. The van der Waals surface area contributed by atoms with Gasteiger partial charge in [0.25, 0.3) is 15.9 Å². The Labute approximate surface area is 228 Å². The van der Waals surface area contributed by atoms with E-state index in [1.807, 2.05) is 6.92 Å². The molecular formula is C29H33FN4O4S. The Morgan fingerprint density at radius 1 is 1.08 bits per heavy atom. The minimum Gasteiger partial charge on any atom is -0.496 e. The number of halogens is 1. The molecule has 1 amide bonds. The average molecular weight is 553 g/mol. The number of hydrogen-bond acceptors (Lipinski definition) is 7. The molecule has 5 rings (SSSR count). The minimum absolute atomic E-state index is 0.0181. The Bertz CT molecular complexity index is 1510. The lowest BCUT2D eigenvalue weighted by atomic mass is 9.72. The molecule has 0 spiro atoms. The first kappa shape index (κ1) is 27.2. The molecule has 0 aliphatic carbocycles. The third-order valence-electron chi connectivity index (χ3n) is 7.68. The molecule has 2 aliphatic heterocycles. The standard InChI is InChI=1S/C29H33FN4O4S/c1-20-17-24-27(32-19-20)34(39(36,37)22-9-10-26(38-3)21(2)18-22)28(35)29(24,23-7-4-5-8-25(23)30)11-6-14-33-15-12-31-13-16-33/h4-5,7-10,17-19,31H,6,11-16H2,1-3H3. The summed E-state index contributed by atoms with van der Waals surface area (Å²) in [5.74, 6) is -0.719. The van der Waals surface area contributed by atoms with E-state index in [1.165, 1.54) is 31.5 Å². The second kappa shape index (κ2) is 10.7. The van der Waals surface area contributed by atoms with Crippen LogP contribution < -0.4 is 14.4 Å². The second-order valence-corrected chi connectivity index (χ2v) is 12.0. The summed E-state index contributed by atoms with van der Waals surface area (Å²) in [6.07, 6.45) is 2.34. The number of rotatable bonds is 8. The van der Waals surface area contributed by atoms with Crippen molar-refractivity contribution in [1.29, 1.82) is 0 Å². The number of pyridine rings is 1. The highest BCUT2D eigenvalue weighted by Crippen LogP contribution is 2.50. The summed E-state index contributed by atoms with van der Waals surface area (Å²) in [6, 6.07) is 12.4. The molecule has 0 bridgehead atoms. The van der Waals surface area contributed by atoms with Gasteiger partial charge in [-0.15, -0.1) is 0 Å². The van der Waals surface area contributed by atoms with Gasteiger partial charge in [-0.05, 0) is 74.7 Å². The van der Waals surface area contributed by atoms with Crippen molar-refractivity contribution in [2.24, 2.45) is 0 Å². The van der Waals surface area contributed by atoms with Crippen LogP contribution in [-0.4, -0.2) is 64.0 Å². The number of anilines is 1. The number of hydrogen-bond donors (Lipinski definition) is 1. The molecule has 1 N–H and O–H groups in total. The lowest BCUT2D eigenvalue weighted by Gasteiger charge is -2.32. The summed E-state index contributed by atoms with van der Waals surface area (Å²) in [5.41, 5.74) is 0.393. The van der Waals surface area contributed by atoms with Crippen LogP contribution in [0.1, 0.15) is 35.1 Å². The molecule has 3 heterocycles. The van der Waals surface area contributed by atoms with Gasteiger partial charge in [-0.2, -0.15) is 4.31 Å². The lowest BCUT2D eigenvalue weighted by molar-refractivity contribution is -0.121. The summed E-state index contributed by atoms with van der Waals surface area (Å²) in [6.45, 7) is 7.81. The number of fused-ring (bicyclic) bond motifs is 1. The third kappa shape index (κ3) is 4.70. The number of sulfonamides is 1. The van der Waals surface area contributed by atoms with Gasteiger partial charge >= 0.3 is 0 Å². The van der Waals surface area contributed by atoms with Crippen LogP contribution in [0, 0.1) is 19.7 Å². The number of aromatic nitrogens is 1. The lowest BCUT2D eigenvalue weighted by Crippen LogP contribution is -2.46. The molecule has 39 heavy (non-hydrogen) atoms. The number of carbonyl (C=O) groups excluding carboxylic acids is 1. The monoisotopic (exact) mass is 552 g/mol. The Morgan fingerprint density at radius 2 is 1.82 bits per heavy atom. The van der Waals surface area contributed by atoms with E-state index in [9.17, 15) is 13.2 Å². The summed E-state index contributed by atoms with van der Waals surface area (Å²) >= 11 is 0. The predicted molar refractivity (Wildman–Crippen MR) is 147 cm³/mol. The van der Waals surface area contributed by atoms with E-state index in [0.717, 1.165) is 36.0 Å². The zero-order valence-electron chi connectivity index (χ0n) is 22.4. The molecule has 0 saturated carbocycles. The van der Waals surface area contributed by atoms with Crippen molar-refractivity contribution < 1.29 is 22.3 Å². The van der Waals surface area contributed by atoms with Gasteiger partial charge in [0.15, 0.2) is 5.82 Å². The highest BCUT2D eigenvalue weighted by atomic mass is 32.2. The van der Waals surface area contributed by atoms with Gasteiger partial charge in [0.2, 0.25) is 0 Å². The van der Waals surface area contributed by atoms with E-state index >= 15 is 4.39 Å². The first-order chi connectivity index (χ1) is 18.7. The molecule has 2 aromatic carbocycles. The topological polar surface area (TPSA) is 91.8 Å². The van der Waals surface area contributed by atoms with Gasteiger partial charge in [0, 0.05) is 43.5 Å². The third-order valence-corrected chi connectivity index (χ3v) is 9.35. The van der Waals surface area contributed by atoms with E-state index in [1.54, 1.807) is 37.3 Å². The molecule has 2 aliphatic rings. The number of nitrogens with zero attached hydrogens (tertiary/aromatic N) is 3. The van der Waals surface area contributed by atoms with E-state index < -0.39 is 27.2 Å². The van der Waals surface area contributed by atoms with Crippen LogP contribution in [0.5, 0.6) is 5.75 Å². The fourth-order valence-corrected chi connectivity index (χ4v) is 7.23. The number of nitrogens with one attached hydrogen (secondary N) is 1. The number of ether oxygens (including phenoxy) is 1. The Kier molecular flexibility index (Phi) is 7.45. The zero-order chi connectivity index (χ0) is 27.8. The van der Waals surface area contributed by atoms with E-state index in [-0.39, 0.29) is 22.7 Å². The number of methoxy groups -OCH3 is 1. The Morgan fingerprint density at radius 3 is 2.51 bits per heavy atom. The maximum absolute atomic E-state index is 15.5. The van der Waals surface area contributed by atoms with Crippen molar-refractivity contribution in [2.75, 3.05) is 44.1 Å². The highest BCUT2D eigenvalue weighted by molar-refractivity contribution is 7.93. The maximum Gasteiger partial charge on any atom is 0.272 e. The van der Waals surface area contributed by atoms with Crippen LogP contribution in [0.15, 0.2) is 59.6 Å². The number of benzene rings is 2. The van der Waals surface area contributed by atoms with Gasteiger partial charge in [-0.25, -0.2) is 17.8 Å². The van der Waals surface area contributed by atoms with E-state index in [4.69, 9.17) is 4.74 Å². The van der Waals surface area contributed by atoms with Gasteiger partial charge in [-0.1, -0.05) is 18.2 Å². The molecule has 1 saturated heterocycles. The molecular weight excluding hydrogens is 519 g/mol. The largest absolute Gasteiger partial charge is 0.496 e. The number of carbonyl (C=O) groups is 1. The quantitative estimate of drug-likeness (QED) is 0.457. The summed E-state index contributed by atoms with van der Waals surface area (Å²) in [5, 5.41) is 3.33. The number of piperazine rings is 1. The normalized spacial score (nSPS) is 19.8. The van der Waals surface area contributed by atoms with Crippen molar-refractivity contribution in [3.8, 4) is 5.75 Å². The zero-order valence-corrected chi connectivity index (χ0v) is 23.2. The fourth-order valence-electron chi connectivity index (χ4n) is 5.71. The van der Waals surface area contributed by atoms with Gasteiger partial charge in [0.05, 0.1) is 12.0 Å². The molecule has 1 atom stereocenters. The minimum atomic E-state index is -4.37. The smallest absolute Gasteiger partial charge is 0.272 e. The van der Waals surface area contributed by atoms with Gasteiger partial charge in [-0.3, -0.25) is 4.79 Å². The maximum atomic E-state index is 15.5. The molecule has 3 aromatic rings.